The predicted molar refractivity (Wildman–Crippen MR) is 103 cm³/mol. The molecule has 0 aromatic heterocycles. The SMILES string of the molecule is CCc1cc(OCc2ccc(Cl)c(Cl)c2)ccc1CN1CC(C(=O)O)C1. The molecule has 0 radical (unpaired) electrons. The van der Waals surface area contributed by atoms with Crippen LogP contribution in [0.1, 0.15) is 23.6 Å². The van der Waals surface area contributed by atoms with E-state index in [0.717, 1.165) is 24.3 Å². The third-order valence-corrected chi connectivity index (χ3v) is 5.39. The molecule has 6 heteroatoms. The van der Waals surface area contributed by atoms with Crippen molar-refractivity contribution >= 4 is 29.2 Å². The summed E-state index contributed by atoms with van der Waals surface area (Å²) in [6, 6.07) is 11.5. The van der Waals surface area contributed by atoms with Crippen LogP contribution in [0.5, 0.6) is 5.75 Å². The summed E-state index contributed by atoms with van der Waals surface area (Å²) in [6.45, 7) is 4.55. The van der Waals surface area contributed by atoms with Crippen LogP contribution in [0, 0.1) is 5.92 Å². The molecule has 2 aromatic carbocycles. The minimum Gasteiger partial charge on any atom is -0.489 e. The van der Waals surface area contributed by atoms with Crippen LogP contribution < -0.4 is 4.74 Å². The number of aryl methyl sites for hydroxylation is 1. The van der Waals surface area contributed by atoms with Gasteiger partial charge in [0.1, 0.15) is 12.4 Å². The Labute approximate surface area is 163 Å². The second kappa shape index (κ2) is 8.30. The number of likely N-dealkylation sites (tertiary alicyclic amines) is 1. The Bertz CT molecular complexity index is 804. The molecule has 1 aliphatic rings. The number of ether oxygens (including phenoxy) is 1. The molecule has 1 aliphatic heterocycles. The average Bonchev–Trinajstić information content (AvgIpc) is 2.58. The molecule has 0 unspecified atom stereocenters. The first-order valence-electron chi connectivity index (χ1n) is 8.60. The number of benzene rings is 2. The topological polar surface area (TPSA) is 49.8 Å². The molecule has 0 amide bonds. The summed E-state index contributed by atoms with van der Waals surface area (Å²) in [5.74, 6) is -0.124. The molecule has 0 saturated carbocycles. The van der Waals surface area contributed by atoms with Gasteiger partial charge in [0, 0.05) is 19.6 Å². The van der Waals surface area contributed by atoms with E-state index < -0.39 is 5.97 Å². The highest BCUT2D eigenvalue weighted by molar-refractivity contribution is 6.42. The molecule has 0 atom stereocenters. The lowest BCUT2D eigenvalue weighted by molar-refractivity contribution is -0.147. The van der Waals surface area contributed by atoms with Crippen LogP contribution in [0.15, 0.2) is 36.4 Å². The van der Waals surface area contributed by atoms with Crippen LogP contribution in [0.3, 0.4) is 0 Å². The first-order valence-corrected chi connectivity index (χ1v) is 9.35. The number of rotatable bonds is 7. The van der Waals surface area contributed by atoms with Crippen molar-refractivity contribution in [1.29, 1.82) is 0 Å². The van der Waals surface area contributed by atoms with E-state index in [0.29, 0.717) is 29.7 Å². The van der Waals surface area contributed by atoms with Crippen LogP contribution in [-0.2, 0) is 24.4 Å². The van der Waals surface area contributed by atoms with Gasteiger partial charge in [-0.3, -0.25) is 9.69 Å². The van der Waals surface area contributed by atoms with E-state index in [9.17, 15) is 4.79 Å². The number of carboxylic acids is 1. The fourth-order valence-corrected chi connectivity index (χ4v) is 3.39. The van der Waals surface area contributed by atoms with Gasteiger partial charge in [0.2, 0.25) is 0 Å². The molecule has 1 fully saturated rings. The van der Waals surface area contributed by atoms with Crippen LogP contribution in [-0.4, -0.2) is 29.1 Å². The summed E-state index contributed by atoms with van der Waals surface area (Å²) >= 11 is 12.0. The minimum absolute atomic E-state index is 0.228. The van der Waals surface area contributed by atoms with Crippen molar-refractivity contribution in [2.45, 2.75) is 26.5 Å². The van der Waals surface area contributed by atoms with Gasteiger partial charge in [-0.15, -0.1) is 0 Å². The summed E-state index contributed by atoms with van der Waals surface area (Å²) in [4.78, 5) is 13.1. The quantitative estimate of drug-likeness (QED) is 0.743. The van der Waals surface area contributed by atoms with E-state index in [1.807, 2.05) is 18.2 Å². The number of nitrogens with zero attached hydrogens (tertiary/aromatic N) is 1. The summed E-state index contributed by atoms with van der Waals surface area (Å²) in [5, 5.41) is 10.0. The summed E-state index contributed by atoms with van der Waals surface area (Å²) < 4.78 is 5.89. The zero-order valence-electron chi connectivity index (χ0n) is 14.5. The first kappa shape index (κ1) is 19.0. The molecular formula is C20H21Cl2NO3. The average molecular weight is 394 g/mol. The lowest BCUT2D eigenvalue weighted by Crippen LogP contribution is -2.49. The molecule has 0 aliphatic carbocycles. The molecule has 138 valence electrons. The van der Waals surface area contributed by atoms with E-state index in [-0.39, 0.29) is 5.92 Å². The molecule has 0 spiro atoms. The lowest BCUT2D eigenvalue weighted by Gasteiger charge is -2.37. The largest absolute Gasteiger partial charge is 0.489 e. The van der Waals surface area contributed by atoms with E-state index in [1.165, 1.54) is 11.1 Å². The van der Waals surface area contributed by atoms with Crippen LogP contribution in [0.4, 0.5) is 0 Å². The monoisotopic (exact) mass is 393 g/mol. The summed E-state index contributed by atoms with van der Waals surface area (Å²) in [5.41, 5.74) is 3.40. The number of halogens is 2. The van der Waals surface area contributed by atoms with Gasteiger partial charge in [0.25, 0.3) is 0 Å². The maximum absolute atomic E-state index is 10.9. The summed E-state index contributed by atoms with van der Waals surface area (Å²) in [7, 11) is 0. The molecule has 26 heavy (non-hydrogen) atoms. The highest BCUT2D eigenvalue weighted by Crippen LogP contribution is 2.26. The van der Waals surface area contributed by atoms with Gasteiger partial charge in [0.05, 0.1) is 16.0 Å². The Morgan fingerprint density at radius 1 is 1.15 bits per heavy atom. The molecule has 4 nitrogen and oxygen atoms in total. The van der Waals surface area contributed by atoms with Gasteiger partial charge < -0.3 is 9.84 Å². The summed E-state index contributed by atoms with van der Waals surface area (Å²) in [6.07, 6.45) is 0.898. The second-order valence-electron chi connectivity index (χ2n) is 6.55. The standard InChI is InChI=1S/C20H21Cl2NO3/c1-2-14-8-17(26-12-13-3-6-18(21)19(22)7-13)5-4-15(14)9-23-10-16(11-23)20(24)25/h3-8,16H,2,9-12H2,1H3,(H,24,25). The predicted octanol–water partition coefficient (Wildman–Crippen LogP) is 4.65. The molecule has 2 aromatic rings. The smallest absolute Gasteiger partial charge is 0.309 e. The van der Waals surface area contributed by atoms with Crippen LogP contribution in [0.25, 0.3) is 0 Å². The van der Waals surface area contributed by atoms with Gasteiger partial charge in [0.15, 0.2) is 0 Å². The van der Waals surface area contributed by atoms with Crippen molar-refractivity contribution in [1.82, 2.24) is 4.90 Å². The van der Waals surface area contributed by atoms with Crippen molar-refractivity contribution < 1.29 is 14.6 Å². The highest BCUT2D eigenvalue weighted by atomic mass is 35.5. The number of hydrogen-bond donors (Lipinski definition) is 1. The Kier molecular flexibility index (Phi) is 6.07. The Morgan fingerprint density at radius 2 is 1.92 bits per heavy atom. The zero-order valence-corrected chi connectivity index (χ0v) is 16.1. The maximum atomic E-state index is 10.9. The molecule has 1 saturated heterocycles. The molecule has 1 N–H and O–H groups in total. The van der Waals surface area contributed by atoms with Crippen molar-refractivity contribution in [3.63, 3.8) is 0 Å². The maximum Gasteiger partial charge on any atom is 0.309 e. The van der Waals surface area contributed by atoms with E-state index in [1.54, 1.807) is 6.07 Å². The van der Waals surface area contributed by atoms with Gasteiger partial charge >= 0.3 is 5.97 Å². The normalized spacial score (nSPS) is 14.9. The first-order chi connectivity index (χ1) is 12.5. The number of carboxylic acid groups (broad SMARTS) is 1. The number of carbonyl (C=O) groups is 1. The lowest BCUT2D eigenvalue weighted by atomic mass is 9.97. The Hall–Kier alpha value is -1.75. The molecule has 0 bridgehead atoms. The van der Waals surface area contributed by atoms with Gasteiger partial charge in [-0.1, -0.05) is 42.3 Å². The van der Waals surface area contributed by atoms with E-state index in [4.69, 9.17) is 33.0 Å². The molecule has 3 rings (SSSR count). The zero-order chi connectivity index (χ0) is 18.7. The fraction of sp³-hybridized carbons (Fsp3) is 0.350. The van der Waals surface area contributed by atoms with Crippen molar-refractivity contribution in [3.05, 3.63) is 63.1 Å². The Balaban J connectivity index is 1.61. The van der Waals surface area contributed by atoms with Gasteiger partial charge in [-0.25, -0.2) is 0 Å². The van der Waals surface area contributed by atoms with Gasteiger partial charge in [-0.2, -0.15) is 0 Å². The van der Waals surface area contributed by atoms with Crippen molar-refractivity contribution in [2.24, 2.45) is 5.92 Å². The number of hydrogen-bond acceptors (Lipinski definition) is 3. The van der Waals surface area contributed by atoms with Crippen LogP contribution in [0.2, 0.25) is 10.0 Å². The minimum atomic E-state index is -0.706. The highest BCUT2D eigenvalue weighted by Gasteiger charge is 2.32. The van der Waals surface area contributed by atoms with Crippen LogP contribution >= 0.6 is 23.2 Å². The van der Waals surface area contributed by atoms with Gasteiger partial charge in [-0.05, 0) is 47.4 Å². The third-order valence-electron chi connectivity index (χ3n) is 4.65. The second-order valence-corrected chi connectivity index (χ2v) is 7.36. The van der Waals surface area contributed by atoms with Crippen molar-refractivity contribution in [3.8, 4) is 5.75 Å². The van der Waals surface area contributed by atoms with Crippen molar-refractivity contribution in [2.75, 3.05) is 13.1 Å². The Morgan fingerprint density at radius 3 is 2.58 bits per heavy atom. The molecular weight excluding hydrogens is 373 g/mol. The third kappa shape index (κ3) is 4.50. The van der Waals surface area contributed by atoms with E-state index >= 15 is 0 Å². The molecule has 1 heterocycles. The van der Waals surface area contributed by atoms with E-state index in [2.05, 4.69) is 24.0 Å². The fourth-order valence-electron chi connectivity index (χ4n) is 3.07. The number of aliphatic carboxylic acids is 1.